The van der Waals surface area contributed by atoms with Crippen molar-refractivity contribution in [2.24, 2.45) is 7.05 Å². The minimum atomic E-state index is -0.522. The molecule has 8 nitrogen and oxygen atoms in total. The molecule has 0 radical (unpaired) electrons. The van der Waals surface area contributed by atoms with Gasteiger partial charge in [-0.15, -0.1) is 0 Å². The Morgan fingerprint density at radius 3 is 2.94 bits per heavy atom. The number of aliphatic hydroxyl groups is 1. The van der Waals surface area contributed by atoms with Crippen molar-refractivity contribution < 1.29 is 10.0 Å². The summed E-state index contributed by atoms with van der Waals surface area (Å²) in [5.74, 6) is 0.205. The minimum Gasteiger partial charge on any atom is -0.392 e. The molecule has 0 saturated carbocycles. The van der Waals surface area contributed by atoms with E-state index in [1.165, 1.54) is 6.33 Å². The predicted molar refractivity (Wildman–Crippen MR) is 62.9 cm³/mol. The summed E-state index contributed by atoms with van der Waals surface area (Å²) >= 11 is 0. The van der Waals surface area contributed by atoms with Crippen LogP contribution >= 0.6 is 0 Å². The number of nitrogens with zero attached hydrogens (tertiary/aromatic N) is 3. The fourth-order valence-electron chi connectivity index (χ4n) is 1.34. The first-order valence-corrected chi connectivity index (χ1v) is 5.30. The fraction of sp³-hybridized carbons (Fsp3) is 0.667. The van der Waals surface area contributed by atoms with Gasteiger partial charge >= 0.3 is 5.82 Å². The van der Waals surface area contributed by atoms with Gasteiger partial charge in [0.05, 0.1) is 6.10 Å². The lowest BCUT2D eigenvalue weighted by atomic mass is 10.4. The Bertz CT molecular complexity index is 377. The Hall–Kier alpha value is -1.67. The van der Waals surface area contributed by atoms with Crippen LogP contribution in [0.4, 0.5) is 11.6 Å². The molecule has 96 valence electrons. The summed E-state index contributed by atoms with van der Waals surface area (Å²) in [6.07, 6.45) is 0.991. The maximum atomic E-state index is 10.7. The van der Waals surface area contributed by atoms with E-state index in [4.69, 9.17) is 5.11 Å². The van der Waals surface area contributed by atoms with Gasteiger partial charge < -0.3 is 25.9 Å². The van der Waals surface area contributed by atoms with E-state index in [1.807, 2.05) is 0 Å². The summed E-state index contributed by atoms with van der Waals surface area (Å²) in [6, 6.07) is 0. The van der Waals surface area contributed by atoms with Crippen molar-refractivity contribution in [1.82, 2.24) is 14.9 Å². The van der Waals surface area contributed by atoms with Crippen molar-refractivity contribution in [2.75, 3.05) is 25.0 Å². The van der Waals surface area contributed by atoms with Gasteiger partial charge in [0, 0.05) is 26.7 Å². The van der Waals surface area contributed by atoms with Crippen LogP contribution in [0.2, 0.25) is 0 Å². The van der Waals surface area contributed by atoms with E-state index in [-0.39, 0.29) is 5.82 Å². The summed E-state index contributed by atoms with van der Waals surface area (Å²) < 4.78 is 1.56. The number of nitrogens with one attached hydrogen (secondary N) is 2. The van der Waals surface area contributed by atoms with Crippen molar-refractivity contribution in [1.29, 1.82) is 0 Å². The van der Waals surface area contributed by atoms with Crippen LogP contribution in [0.15, 0.2) is 6.33 Å². The lowest BCUT2D eigenvalue weighted by molar-refractivity contribution is -0.388. The number of anilines is 1. The molecule has 0 spiro atoms. The lowest BCUT2D eigenvalue weighted by Gasteiger charge is -2.08. The molecule has 8 heteroatoms. The fourth-order valence-corrected chi connectivity index (χ4v) is 1.34. The number of rotatable bonds is 7. The van der Waals surface area contributed by atoms with Crippen LogP contribution < -0.4 is 10.6 Å². The third-order valence-electron chi connectivity index (χ3n) is 2.12. The second-order valence-corrected chi connectivity index (χ2v) is 3.76. The number of aryl methyl sites for hydroxylation is 1. The zero-order valence-corrected chi connectivity index (χ0v) is 9.88. The Labute approximate surface area is 98.8 Å². The molecule has 1 aromatic heterocycles. The van der Waals surface area contributed by atoms with E-state index in [1.54, 1.807) is 18.5 Å². The standard InChI is InChI=1S/C9H17N5O3/c1-7(15)5-10-3-4-11-8-9(14(16)17)12-6-13(8)2/h6-7,10-11,15H,3-5H2,1-2H3. The average molecular weight is 243 g/mol. The number of imidazole rings is 1. The Morgan fingerprint density at radius 1 is 1.65 bits per heavy atom. The largest absolute Gasteiger partial charge is 0.406 e. The van der Waals surface area contributed by atoms with Gasteiger partial charge in [-0.3, -0.25) is 4.57 Å². The molecule has 0 aromatic carbocycles. The summed E-state index contributed by atoms with van der Waals surface area (Å²) in [5, 5.41) is 25.6. The smallest absolute Gasteiger partial charge is 0.392 e. The van der Waals surface area contributed by atoms with E-state index in [0.29, 0.717) is 25.5 Å². The number of hydrogen-bond donors (Lipinski definition) is 3. The van der Waals surface area contributed by atoms with Crippen LogP contribution in [0.5, 0.6) is 0 Å². The minimum absolute atomic E-state index is 0.178. The van der Waals surface area contributed by atoms with Crippen molar-refractivity contribution in [3.05, 3.63) is 16.4 Å². The average Bonchev–Trinajstić information content (AvgIpc) is 2.59. The van der Waals surface area contributed by atoms with E-state index >= 15 is 0 Å². The van der Waals surface area contributed by atoms with Gasteiger partial charge in [-0.05, 0) is 16.8 Å². The first-order valence-electron chi connectivity index (χ1n) is 5.30. The molecule has 3 N–H and O–H groups in total. The molecule has 1 heterocycles. The highest BCUT2D eigenvalue weighted by Gasteiger charge is 2.18. The molecule has 0 aliphatic heterocycles. The number of aromatic nitrogens is 2. The van der Waals surface area contributed by atoms with Crippen molar-refractivity contribution in [3.8, 4) is 0 Å². The number of hydrogen-bond acceptors (Lipinski definition) is 6. The topological polar surface area (TPSA) is 105 Å². The molecule has 0 bridgehead atoms. The zero-order valence-electron chi connectivity index (χ0n) is 9.88. The van der Waals surface area contributed by atoms with Crippen LogP contribution in [0.25, 0.3) is 0 Å². The number of aliphatic hydroxyl groups excluding tert-OH is 1. The highest BCUT2D eigenvalue weighted by atomic mass is 16.6. The molecule has 1 aromatic rings. The predicted octanol–water partition coefficient (Wildman–Crippen LogP) is -0.289. The SMILES string of the molecule is CC(O)CNCCNc1c([N+](=O)[O-])ncn1C. The second-order valence-electron chi connectivity index (χ2n) is 3.76. The van der Waals surface area contributed by atoms with Crippen LogP contribution in [0.1, 0.15) is 6.92 Å². The monoisotopic (exact) mass is 243 g/mol. The molecule has 0 amide bonds. The molecule has 0 saturated heterocycles. The molecule has 1 rings (SSSR count). The van der Waals surface area contributed by atoms with Gasteiger partial charge in [-0.1, -0.05) is 0 Å². The number of nitro groups is 1. The van der Waals surface area contributed by atoms with Crippen LogP contribution in [-0.4, -0.2) is 45.3 Å². The third-order valence-corrected chi connectivity index (χ3v) is 2.12. The van der Waals surface area contributed by atoms with Crippen LogP contribution in [-0.2, 0) is 7.05 Å². The summed E-state index contributed by atoms with van der Waals surface area (Å²) in [4.78, 5) is 13.8. The van der Waals surface area contributed by atoms with Crippen molar-refractivity contribution in [3.63, 3.8) is 0 Å². The Morgan fingerprint density at radius 2 is 2.35 bits per heavy atom. The van der Waals surface area contributed by atoms with Crippen LogP contribution in [0, 0.1) is 10.1 Å². The van der Waals surface area contributed by atoms with Crippen LogP contribution in [0.3, 0.4) is 0 Å². The molecule has 1 atom stereocenters. The maximum absolute atomic E-state index is 10.7. The van der Waals surface area contributed by atoms with Gasteiger partial charge in [0.15, 0.2) is 0 Å². The highest BCUT2D eigenvalue weighted by molar-refractivity contribution is 5.51. The molecular formula is C9H17N5O3. The summed E-state index contributed by atoms with van der Waals surface area (Å²) in [6.45, 7) is 3.31. The molecule has 0 aliphatic carbocycles. The van der Waals surface area contributed by atoms with E-state index in [2.05, 4.69) is 15.6 Å². The van der Waals surface area contributed by atoms with E-state index in [0.717, 1.165) is 0 Å². The normalized spacial score (nSPS) is 12.4. The zero-order chi connectivity index (χ0) is 12.8. The lowest BCUT2D eigenvalue weighted by Crippen LogP contribution is -2.29. The van der Waals surface area contributed by atoms with E-state index < -0.39 is 11.0 Å². The maximum Gasteiger partial charge on any atom is 0.406 e. The first kappa shape index (κ1) is 13.4. The van der Waals surface area contributed by atoms with Gasteiger partial charge in [0.1, 0.15) is 0 Å². The Balaban J connectivity index is 2.41. The van der Waals surface area contributed by atoms with E-state index in [9.17, 15) is 10.1 Å². The molecule has 17 heavy (non-hydrogen) atoms. The molecule has 0 aliphatic rings. The molecular weight excluding hydrogens is 226 g/mol. The quantitative estimate of drug-likeness (QED) is 0.345. The third kappa shape index (κ3) is 4.00. The van der Waals surface area contributed by atoms with Gasteiger partial charge in [0.25, 0.3) is 0 Å². The molecule has 0 fully saturated rings. The molecule has 1 unspecified atom stereocenters. The van der Waals surface area contributed by atoms with Crippen molar-refractivity contribution in [2.45, 2.75) is 13.0 Å². The Kier molecular flexibility index (Phi) is 4.85. The van der Waals surface area contributed by atoms with Gasteiger partial charge in [-0.25, -0.2) is 0 Å². The second kappa shape index (κ2) is 6.16. The highest BCUT2D eigenvalue weighted by Crippen LogP contribution is 2.20. The summed E-state index contributed by atoms with van der Waals surface area (Å²) in [7, 11) is 1.69. The first-order chi connectivity index (χ1) is 8.02. The van der Waals surface area contributed by atoms with Gasteiger partial charge in [0.2, 0.25) is 12.1 Å². The van der Waals surface area contributed by atoms with Gasteiger partial charge in [-0.2, -0.15) is 0 Å². The van der Waals surface area contributed by atoms with Crippen molar-refractivity contribution >= 4 is 11.6 Å². The summed E-state index contributed by atoms with van der Waals surface area (Å²) in [5.41, 5.74) is 0.